The molecule has 1 unspecified atom stereocenters. The smallest absolute Gasteiger partial charge is 0.283 e. The molecule has 1 aromatic carbocycles. The van der Waals surface area contributed by atoms with Gasteiger partial charge in [0.15, 0.2) is 15.4 Å². The zero-order valence-electron chi connectivity index (χ0n) is 13.8. The van der Waals surface area contributed by atoms with E-state index in [0.717, 1.165) is 17.3 Å². The first-order valence-corrected chi connectivity index (χ1v) is 9.87. The molecule has 0 bridgehead atoms. The number of hydrazine groups is 1. The van der Waals surface area contributed by atoms with Crippen LogP contribution in [0.15, 0.2) is 29.3 Å². The number of benzene rings is 1. The fraction of sp³-hybridized carbons (Fsp3) is 0.500. The Morgan fingerprint density at radius 1 is 1.15 bits per heavy atom. The topological polar surface area (TPSA) is 49.4 Å². The Morgan fingerprint density at radius 3 is 2.15 bits per heavy atom. The number of nitrogens with one attached hydrogen (secondary N) is 1. The molecule has 1 aromatic rings. The van der Waals surface area contributed by atoms with Crippen LogP contribution < -0.4 is 10.4 Å². The second kappa shape index (κ2) is 6.19. The van der Waals surface area contributed by atoms with E-state index in [9.17, 15) is 30.4 Å². The van der Waals surface area contributed by atoms with Gasteiger partial charge in [0.05, 0.1) is 5.69 Å². The van der Waals surface area contributed by atoms with Gasteiger partial charge < -0.3 is 0 Å². The van der Waals surface area contributed by atoms with E-state index in [-0.39, 0.29) is 5.69 Å². The summed E-state index contributed by atoms with van der Waals surface area (Å²) in [6, 6.07) is 1.38. The molecule has 1 heterocycles. The van der Waals surface area contributed by atoms with E-state index in [1.54, 1.807) is 0 Å². The second-order valence-electron chi connectivity index (χ2n) is 6.66. The number of rotatable bonds is 3. The van der Waals surface area contributed by atoms with Gasteiger partial charge in [0.25, 0.3) is 0 Å². The molecule has 1 saturated carbocycles. The van der Waals surface area contributed by atoms with Crippen molar-refractivity contribution in [3.05, 3.63) is 36.0 Å². The van der Waals surface area contributed by atoms with Crippen molar-refractivity contribution in [1.82, 2.24) is 5.43 Å². The summed E-state index contributed by atoms with van der Waals surface area (Å²) in [6.07, 6.45) is 0.229. The van der Waals surface area contributed by atoms with Crippen molar-refractivity contribution < 1.29 is 30.4 Å². The Balaban J connectivity index is 1.97. The van der Waals surface area contributed by atoms with E-state index in [2.05, 4.69) is 5.43 Å². The number of hydrogen-bond acceptors (Lipinski definition) is 4. The van der Waals surface area contributed by atoms with Gasteiger partial charge in [0, 0.05) is 24.6 Å². The minimum Gasteiger partial charge on any atom is -0.283 e. The van der Waals surface area contributed by atoms with Crippen molar-refractivity contribution in [3.63, 3.8) is 0 Å². The molecule has 4 nitrogen and oxygen atoms in total. The normalized spacial score (nSPS) is 24.6. The summed E-state index contributed by atoms with van der Waals surface area (Å²) in [5, 5.41) is 0.879. The SMILES string of the molecule is CS(=O)(=O)c1c(F)cc(N2C=CC(C3CCCC3)(C(F)(F)F)N2)cc1F. The lowest BCUT2D eigenvalue weighted by Gasteiger charge is -2.37. The number of anilines is 1. The van der Waals surface area contributed by atoms with Gasteiger partial charge in [-0.25, -0.2) is 22.6 Å². The highest BCUT2D eigenvalue weighted by atomic mass is 32.2. The van der Waals surface area contributed by atoms with Crippen LogP contribution in [-0.4, -0.2) is 26.4 Å². The summed E-state index contributed by atoms with van der Waals surface area (Å²) in [7, 11) is -4.15. The standard InChI is InChI=1S/C16H17F5N2O2S/c1-26(24,25)14-12(17)8-11(9-13(14)18)23-7-6-15(22-23,16(19,20)21)10-4-2-3-5-10/h6-10,22H,2-5H2,1H3. The molecule has 26 heavy (non-hydrogen) atoms. The summed E-state index contributed by atoms with van der Waals surface area (Å²) < 4.78 is 92.3. The van der Waals surface area contributed by atoms with E-state index in [1.807, 2.05) is 0 Å². The predicted octanol–water partition coefficient (Wildman–Crippen LogP) is 3.70. The molecule has 1 aliphatic heterocycles. The molecule has 2 aliphatic rings. The van der Waals surface area contributed by atoms with Gasteiger partial charge in [-0.2, -0.15) is 13.2 Å². The van der Waals surface area contributed by atoms with Crippen LogP contribution in [-0.2, 0) is 9.84 Å². The Kier molecular flexibility index (Phi) is 4.55. The van der Waals surface area contributed by atoms with Crippen molar-refractivity contribution in [2.75, 3.05) is 11.3 Å². The molecule has 3 rings (SSSR count). The summed E-state index contributed by atoms with van der Waals surface area (Å²) in [5.41, 5.74) is -0.240. The largest absolute Gasteiger partial charge is 0.412 e. The van der Waals surface area contributed by atoms with Gasteiger partial charge in [-0.3, -0.25) is 5.01 Å². The van der Waals surface area contributed by atoms with E-state index >= 15 is 0 Å². The minimum absolute atomic E-state index is 0.257. The van der Waals surface area contributed by atoms with E-state index in [0.29, 0.717) is 44.1 Å². The molecule has 1 fully saturated rings. The van der Waals surface area contributed by atoms with Crippen LogP contribution >= 0.6 is 0 Å². The van der Waals surface area contributed by atoms with E-state index in [1.165, 1.54) is 0 Å². The van der Waals surface area contributed by atoms with Crippen molar-refractivity contribution in [3.8, 4) is 0 Å². The predicted molar refractivity (Wildman–Crippen MR) is 85.0 cm³/mol. The lowest BCUT2D eigenvalue weighted by Crippen LogP contribution is -2.60. The summed E-state index contributed by atoms with van der Waals surface area (Å²) in [5.74, 6) is -3.40. The number of hydrogen-bond donors (Lipinski definition) is 1. The maximum absolute atomic E-state index is 14.1. The van der Waals surface area contributed by atoms with Crippen LogP contribution in [0.5, 0.6) is 0 Å². The zero-order valence-corrected chi connectivity index (χ0v) is 14.6. The number of alkyl halides is 3. The molecule has 1 N–H and O–H groups in total. The lowest BCUT2D eigenvalue weighted by atomic mass is 9.83. The average Bonchev–Trinajstić information content (AvgIpc) is 3.14. The molecule has 1 aliphatic carbocycles. The van der Waals surface area contributed by atoms with Crippen LogP contribution in [0.4, 0.5) is 27.6 Å². The zero-order chi connectivity index (χ0) is 19.3. The first kappa shape index (κ1) is 19.1. The highest BCUT2D eigenvalue weighted by Gasteiger charge is 2.60. The van der Waals surface area contributed by atoms with Crippen LogP contribution in [0.1, 0.15) is 25.7 Å². The quantitative estimate of drug-likeness (QED) is 0.792. The third kappa shape index (κ3) is 3.09. The number of halogens is 5. The van der Waals surface area contributed by atoms with Gasteiger partial charge in [0.2, 0.25) is 0 Å². The van der Waals surface area contributed by atoms with Crippen LogP contribution in [0.3, 0.4) is 0 Å². The summed E-state index contributed by atoms with van der Waals surface area (Å²) in [4.78, 5) is -1.11. The monoisotopic (exact) mass is 396 g/mol. The van der Waals surface area contributed by atoms with Gasteiger partial charge >= 0.3 is 6.18 Å². The Morgan fingerprint density at radius 2 is 1.69 bits per heavy atom. The molecule has 10 heteroatoms. The molecule has 0 radical (unpaired) electrons. The highest BCUT2D eigenvalue weighted by molar-refractivity contribution is 7.90. The minimum atomic E-state index is -4.60. The average molecular weight is 396 g/mol. The van der Waals surface area contributed by atoms with Crippen LogP contribution in [0.2, 0.25) is 0 Å². The second-order valence-corrected chi connectivity index (χ2v) is 8.61. The first-order chi connectivity index (χ1) is 12.0. The summed E-state index contributed by atoms with van der Waals surface area (Å²) in [6.45, 7) is 0. The highest BCUT2D eigenvalue weighted by Crippen LogP contribution is 2.47. The third-order valence-electron chi connectivity index (χ3n) is 4.89. The molecule has 0 amide bonds. The Bertz CT molecular complexity index is 824. The lowest BCUT2D eigenvalue weighted by molar-refractivity contribution is -0.193. The van der Waals surface area contributed by atoms with Crippen molar-refractivity contribution in [1.29, 1.82) is 0 Å². The van der Waals surface area contributed by atoms with Gasteiger partial charge in [-0.05, 0) is 24.8 Å². The maximum Gasteiger partial charge on any atom is 0.412 e. The first-order valence-electron chi connectivity index (χ1n) is 7.98. The Labute approximate surface area is 147 Å². The third-order valence-corrected chi connectivity index (χ3v) is 6.02. The Hall–Kier alpha value is -1.68. The van der Waals surface area contributed by atoms with E-state index in [4.69, 9.17) is 0 Å². The molecule has 0 aromatic heterocycles. The van der Waals surface area contributed by atoms with Crippen molar-refractivity contribution >= 4 is 15.5 Å². The number of nitrogens with zero attached hydrogens (tertiary/aromatic N) is 1. The molecule has 0 spiro atoms. The van der Waals surface area contributed by atoms with Gasteiger partial charge in [0.1, 0.15) is 16.5 Å². The van der Waals surface area contributed by atoms with Crippen molar-refractivity contribution in [2.24, 2.45) is 5.92 Å². The van der Waals surface area contributed by atoms with E-state index < -0.39 is 44.0 Å². The van der Waals surface area contributed by atoms with Gasteiger partial charge in [-0.15, -0.1) is 0 Å². The fourth-order valence-corrected chi connectivity index (χ4v) is 4.48. The molecule has 144 valence electrons. The maximum atomic E-state index is 14.1. The van der Waals surface area contributed by atoms with Crippen molar-refractivity contribution in [2.45, 2.75) is 42.3 Å². The van der Waals surface area contributed by atoms with Crippen LogP contribution in [0, 0.1) is 17.6 Å². The molecule has 0 saturated heterocycles. The van der Waals surface area contributed by atoms with Crippen LogP contribution in [0.25, 0.3) is 0 Å². The fourth-order valence-electron chi connectivity index (χ4n) is 3.65. The van der Waals surface area contributed by atoms with Gasteiger partial charge in [-0.1, -0.05) is 12.8 Å². The molecular weight excluding hydrogens is 379 g/mol. The molecular formula is C16H17F5N2O2S. The summed E-state index contributed by atoms with van der Waals surface area (Å²) >= 11 is 0. The number of sulfone groups is 1. The molecule has 1 atom stereocenters.